The van der Waals surface area contributed by atoms with Crippen molar-refractivity contribution in [1.82, 2.24) is 5.32 Å². The van der Waals surface area contributed by atoms with Crippen molar-refractivity contribution in [2.75, 3.05) is 6.16 Å². The maximum absolute atomic E-state index is 12.2. The molecular weight excluding hydrogens is 377 g/mol. The molecule has 1 heterocycles. The highest BCUT2D eigenvalue weighted by Gasteiger charge is 2.23. The van der Waals surface area contributed by atoms with E-state index in [1.807, 2.05) is 44.2 Å². The number of hydrogen-bond donors (Lipinski definition) is 1. The van der Waals surface area contributed by atoms with Gasteiger partial charge in [0, 0.05) is 16.6 Å². The molecule has 0 spiro atoms. The molecule has 5 heteroatoms. The van der Waals surface area contributed by atoms with E-state index in [1.54, 1.807) is 0 Å². The normalized spacial score (nSPS) is 20.3. The molecule has 2 aromatic carbocycles. The Morgan fingerprint density at radius 3 is 2.74 bits per heavy atom. The summed E-state index contributed by atoms with van der Waals surface area (Å²) >= 11 is 5.99. The van der Waals surface area contributed by atoms with Crippen molar-refractivity contribution < 1.29 is 9.53 Å². The van der Waals surface area contributed by atoms with Crippen LogP contribution in [0.15, 0.2) is 48.5 Å². The predicted molar refractivity (Wildman–Crippen MR) is 115 cm³/mol. The molecule has 3 atom stereocenters. The van der Waals surface area contributed by atoms with Gasteiger partial charge in [-0.25, -0.2) is 0 Å². The van der Waals surface area contributed by atoms with Gasteiger partial charge in [0.1, 0.15) is 0 Å². The summed E-state index contributed by atoms with van der Waals surface area (Å²) in [6, 6.07) is 16.1. The standard InChI is InChI=1S/C22H27ClNO2P/c1-15(2)24-22(25)17-5-3-7-20(13-17)27-14-19-6-4-8-21(26-19)16-9-11-18(23)12-10-16/h3,5,7,9-13,15,19,21,27H,4,6,8,14H2,1-2H3,(H,24,25). The molecule has 1 amide bonds. The van der Waals surface area contributed by atoms with Gasteiger partial charge in [-0.05, 0) is 74.4 Å². The van der Waals surface area contributed by atoms with Crippen LogP contribution in [0.3, 0.4) is 0 Å². The SMILES string of the molecule is CC(C)NC(=O)c1cccc(PCC2CCCC(c3ccc(Cl)cc3)O2)c1. The fraction of sp³-hybridized carbons (Fsp3) is 0.409. The second-order valence-electron chi connectivity index (χ2n) is 7.32. The Morgan fingerprint density at radius 2 is 2.00 bits per heavy atom. The Labute approximate surface area is 168 Å². The van der Waals surface area contributed by atoms with Crippen molar-refractivity contribution in [2.45, 2.75) is 51.4 Å². The highest BCUT2D eigenvalue weighted by Crippen LogP contribution is 2.33. The van der Waals surface area contributed by atoms with Gasteiger partial charge in [0.2, 0.25) is 0 Å². The highest BCUT2D eigenvalue weighted by atomic mass is 35.5. The zero-order valence-electron chi connectivity index (χ0n) is 15.9. The number of hydrogen-bond acceptors (Lipinski definition) is 2. The molecule has 1 aliphatic heterocycles. The van der Waals surface area contributed by atoms with Crippen LogP contribution < -0.4 is 10.6 Å². The second kappa shape index (κ2) is 9.68. The molecule has 0 saturated carbocycles. The first-order valence-corrected chi connectivity index (χ1v) is 11.2. The maximum Gasteiger partial charge on any atom is 0.251 e. The lowest BCUT2D eigenvalue weighted by atomic mass is 9.99. The molecule has 0 bridgehead atoms. The number of carbonyl (C=O) groups is 1. The lowest BCUT2D eigenvalue weighted by Crippen LogP contribution is -2.30. The topological polar surface area (TPSA) is 38.3 Å². The molecular formula is C22H27ClNO2P. The molecule has 3 unspecified atom stereocenters. The summed E-state index contributed by atoms with van der Waals surface area (Å²) in [5.41, 5.74) is 1.94. The number of ether oxygens (including phenoxy) is 1. The van der Waals surface area contributed by atoms with E-state index in [1.165, 1.54) is 17.3 Å². The summed E-state index contributed by atoms with van der Waals surface area (Å²) in [7, 11) is 0.640. The number of amides is 1. The molecule has 0 aromatic heterocycles. The fourth-order valence-corrected chi connectivity index (χ4v) is 4.68. The molecule has 2 aromatic rings. The molecule has 27 heavy (non-hydrogen) atoms. The quantitative estimate of drug-likeness (QED) is 0.682. The van der Waals surface area contributed by atoms with Crippen LogP contribution in [0, 0.1) is 0 Å². The van der Waals surface area contributed by atoms with Crippen LogP contribution in [0.1, 0.15) is 55.1 Å². The van der Waals surface area contributed by atoms with Gasteiger partial charge in [-0.15, -0.1) is 0 Å². The lowest BCUT2D eigenvalue weighted by molar-refractivity contribution is -0.0391. The van der Waals surface area contributed by atoms with E-state index in [0.29, 0.717) is 8.58 Å². The molecule has 1 saturated heterocycles. The van der Waals surface area contributed by atoms with Crippen LogP contribution in [0.2, 0.25) is 5.02 Å². The zero-order valence-corrected chi connectivity index (χ0v) is 17.6. The average Bonchev–Trinajstić information content (AvgIpc) is 2.67. The minimum absolute atomic E-state index is 0.00614. The van der Waals surface area contributed by atoms with Gasteiger partial charge in [-0.3, -0.25) is 4.79 Å². The minimum Gasteiger partial charge on any atom is -0.370 e. The summed E-state index contributed by atoms with van der Waals surface area (Å²) < 4.78 is 6.35. The van der Waals surface area contributed by atoms with Crippen molar-refractivity contribution in [2.24, 2.45) is 0 Å². The van der Waals surface area contributed by atoms with Gasteiger partial charge in [0.05, 0.1) is 12.2 Å². The summed E-state index contributed by atoms with van der Waals surface area (Å²) in [5, 5.41) is 4.92. The van der Waals surface area contributed by atoms with Crippen molar-refractivity contribution in [3.63, 3.8) is 0 Å². The lowest BCUT2D eigenvalue weighted by Gasteiger charge is -2.30. The Morgan fingerprint density at radius 1 is 1.22 bits per heavy atom. The zero-order chi connectivity index (χ0) is 19.2. The van der Waals surface area contributed by atoms with Gasteiger partial charge in [0.25, 0.3) is 5.91 Å². The second-order valence-corrected chi connectivity index (χ2v) is 9.09. The molecule has 1 N–H and O–H groups in total. The Hall–Kier alpha value is -1.41. The molecule has 0 aliphatic carbocycles. The van der Waals surface area contributed by atoms with Crippen LogP contribution in [0.25, 0.3) is 0 Å². The molecule has 0 radical (unpaired) electrons. The Kier molecular flexibility index (Phi) is 7.29. The van der Waals surface area contributed by atoms with Gasteiger partial charge in [-0.2, -0.15) is 0 Å². The summed E-state index contributed by atoms with van der Waals surface area (Å²) in [6.07, 6.45) is 4.77. The number of halogens is 1. The first-order chi connectivity index (χ1) is 13.0. The van der Waals surface area contributed by atoms with Crippen molar-refractivity contribution >= 4 is 31.4 Å². The third-order valence-corrected chi connectivity index (χ3v) is 6.30. The van der Waals surface area contributed by atoms with Crippen LogP contribution in [-0.4, -0.2) is 24.2 Å². The van der Waals surface area contributed by atoms with Crippen LogP contribution in [-0.2, 0) is 4.74 Å². The summed E-state index contributed by atoms with van der Waals surface area (Å²) in [4.78, 5) is 12.2. The number of benzene rings is 2. The fourth-order valence-electron chi connectivity index (χ4n) is 3.32. The number of carbonyl (C=O) groups excluding carboxylic acids is 1. The van der Waals surface area contributed by atoms with E-state index < -0.39 is 0 Å². The Bertz CT molecular complexity index is 763. The smallest absolute Gasteiger partial charge is 0.251 e. The highest BCUT2D eigenvalue weighted by molar-refractivity contribution is 7.47. The predicted octanol–water partition coefficient (Wildman–Crippen LogP) is 5.09. The van der Waals surface area contributed by atoms with Gasteiger partial charge in [-0.1, -0.05) is 44.4 Å². The Balaban J connectivity index is 1.56. The monoisotopic (exact) mass is 403 g/mol. The third-order valence-electron chi connectivity index (χ3n) is 4.67. The first-order valence-electron chi connectivity index (χ1n) is 9.57. The number of nitrogens with one attached hydrogen (secondary N) is 1. The van der Waals surface area contributed by atoms with Crippen LogP contribution in [0.4, 0.5) is 0 Å². The van der Waals surface area contributed by atoms with Crippen molar-refractivity contribution in [3.05, 3.63) is 64.7 Å². The largest absolute Gasteiger partial charge is 0.370 e. The maximum atomic E-state index is 12.2. The van der Waals surface area contributed by atoms with E-state index in [2.05, 4.69) is 23.5 Å². The van der Waals surface area contributed by atoms with Gasteiger partial charge in [0.15, 0.2) is 0 Å². The molecule has 144 valence electrons. The van der Waals surface area contributed by atoms with E-state index in [-0.39, 0.29) is 24.2 Å². The third kappa shape index (κ3) is 6.04. The minimum atomic E-state index is -0.00614. The van der Waals surface area contributed by atoms with Crippen LogP contribution >= 0.6 is 20.2 Å². The molecule has 1 aliphatic rings. The summed E-state index contributed by atoms with van der Waals surface area (Å²) in [6.45, 7) is 3.95. The van der Waals surface area contributed by atoms with E-state index >= 15 is 0 Å². The molecule has 3 nitrogen and oxygen atoms in total. The molecule has 1 fully saturated rings. The van der Waals surface area contributed by atoms with E-state index in [0.717, 1.165) is 29.6 Å². The van der Waals surface area contributed by atoms with E-state index in [4.69, 9.17) is 16.3 Å². The first kappa shape index (κ1) is 20.3. The van der Waals surface area contributed by atoms with Crippen molar-refractivity contribution in [1.29, 1.82) is 0 Å². The van der Waals surface area contributed by atoms with Gasteiger partial charge >= 0.3 is 0 Å². The van der Waals surface area contributed by atoms with E-state index in [9.17, 15) is 4.79 Å². The van der Waals surface area contributed by atoms with Crippen molar-refractivity contribution in [3.8, 4) is 0 Å². The number of rotatable bonds is 6. The van der Waals surface area contributed by atoms with Crippen LogP contribution in [0.5, 0.6) is 0 Å². The molecule has 3 rings (SSSR count). The average molecular weight is 404 g/mol. The summed E-state index contributed by atoms with van der Waals surface area (Å²) in [5.74, 6) is -0.00614. The van der Waals surface area contributed by atoms with Gasteiger partial charge < -0.3 is 10.1 Å².